The van der Waals surface area contributed by atoms with E-state index in [0.29, 0.717) is 36.6 Å². The normalized spacial score (nSPS) is 21.8. The van der Waals surface area contributed by atoms with Gasteiger partial charge in [0.25, 0.3) is 5.91 Å². The van der Waals surface area contributed by atoms with Gasteiger partial charge in [-0.2, -0.15) is 0 Å². The molecule has 2 fully saturated rings. The Morgan fingerprint density at radius 3 is 2.76 bits per heavy atom. The minimum atomic E-state index is -0.612. The summed E-state index contributed by atoms with van der Waals surface area (Å²) in [5, 5.41) is 0.297. The van der Waals surface area contributed by atoms with Crippen LogP contribution in [-0.2, 0) is 11.3 Å². The first-order valence-electron chi connectivity index (χ1n) is 9.70. The van der Waals surface area contributed by atoms with Gasteiger partial charge in [-0.15, -0.1) is 0 Å². The maximum absolute atomic E-state index is 14.2. The fraction of sp³-hybridized carbons (Fsp3) is 0.364. The van der Waals surface area contributed by atoms with Crippen molar-refractivity contribution in [3.8, 4) is 0 Å². The number of hydrogen-bond donors (Lipinski definition) is 0. The molecule has 0 bridgehead atoms. The van der Waals surface area contributed by atoms with Crippen LogP contribution in [0.4, 0.5) is 8.78 Å². The molecule has 2 aromatic rings. The van der Waals surface area contributed by atoms with Crippen molar-refractivity contribution in [2.75, 3.05) is 13.1 Å². The van der Waals surface area contributed by atoms with E-state index in [2.05, 4.69) is 0 Å². The van der Waals surface area contributed by atoms with Crippen molar-refractivity contribution in [1.82, 2.24) is 9.80 Å². The monoisotopic (exact) mass is 418 g/mol. The number of hydrogen-bond acceptors (Lipinski definition) is 2. The average molecular weight is 419 g/mol. The third-order valence-corrected chi connectivity index (χ3v) is 6.02. The zero-order valence-corrected chi connectivity index (χ0v) is 16.5. The lowest BCUT2D eigenvalue weighted by Crippen LogP contribution is -2.43. The number of carbonyl (C=O) groups excluding carboxylic acids is 2. The van der Waals surface area contributed by atoms with Gasteiger partial charge in [0.1, 0.15) is 11.6 Å². The van der Waals surface area contributed by atoms with Crippen LogP contribution in [0.5, 0.6) is 0 Å². The van der Waals surface area contributed by atoms with E-state index in [1.807, 2.05) is 0 Å². The Hall–Kier alpha value is -2.47. The van der Waals surface area contributed by atoms with Crippen molar-refractivity contribution >= 4 is 23.4 Å². The van der Waals surface area contributed by atoms with E-state index in [1.54, 1.807) is 21.9 Å². The van der Waals surface area contributed by atoms with Gasteiger partial charge < -0.3 is 9.80 Å². The molecule has 0 aromatic heterocycles. The predicted octanol–water partition coefficient (Wildman–Crippen LogP) is 4.27. The Kier molecular flexibility index (Phi) is 5.54. The molecule has 4 rings (SSSR count). The molecule has 2 aliphatic rings. The molecular formula is C22H21ClF2N2O2. The molecule has 0 saturated carbocycles. The van der Waals surface area contributed by atoms with Crippen LogP contribution < -0.4 is 0 Å². The largest absolute Gasteiger partial charge is 0.336 e. The van der Waals surface area contributed by atoms with E-state index >= 15 is 0 Å². The molecule has 0 unspecified atom stereocenters. The molecule has 2 aliphatic heterocycles. The fourth-order valence-corrected chi connectivity index (χ4v) is 4.54. The van der Waals surface area contributed by atoms with Gasteiger partial charge in [-0.1, -0.05) is 23.7 Å². The van der Waals surface area contributed by atoms with Gasteiger partial charge in [0.2, 0.25) is 5.91 Å². The maximum Gasteiger partial charge on any atom is 0.256 e. The van der Waals surface area contributed by atoms with Crippen molar-refractivity contribution < 1.29 is 18.4 Å². The summed E-state index contributed by atoms with van der Waals surface area (Å²) in [5.74, 6) is -1.26. The molecule has 2 heterocycles. The first kappa shape index (κ1) is 19.8. The highest BCUT2D eigenvalue weighted by atomic mass is 35.5. The van der Waals surface area contributed by atoms with Gasteiger partial charge >= 0.3 is 0 Å². The summed E-state index contributed by atoms with van der Waals surface area (Å²) in [7, 11) is 0. The van der Waals surface area contributed by atoms with Crippen LogP contribution in [0.1, 0.15) is 35.2 Å². The average Bonchev–Trinajstić information content (AvgIpc) is 3.05. The Morgan fingerprint density at radius 1 is 1.14 bits per heavy atom. The number of likely N-dealkylation sites (tertiary alicyclic amines) is 2. The van der Waals surface area contributed by atoms with E-state index in [-0.39, 0.29) is 29.2 Å². The van der Waals surface area contributed by atoms with Gasteiger partial charge in [-0.05, 0) is 54.7 Å². The number of nitrogens with zero attached hydrogens (tertiary/aromatic N) is 2. The number of halogens is 3. The summed E-state index contributed by atoms with van der Waals surface area (Å²) >= 11 is 5.94. The number of benzene rings is 2. The highest BCUT2D eigenvalue weighted by molar-refractivity contribution is 6.31. The molecule has 29 heavy (non-hydrogen) atoms. The molecule has 4 nitrogen and oxygen atoms in total. The lowest BCUT2D eigenvalue weighted by Gasteiger charge is -2.30. The van der Waals surface area contributed by atoms with Crippen LogP contribution >= 0.6 is 11.6 Å². The third-order valence-electron chi connectivity index (χ3n) is 5.78. The second-order valence-electron chi connectivity index (χ2n) is 7.71. The lowest BCUT2D eigenvalue weighted by atomic mass is 9.98. The van der Waals surface area contributed by atoms with E-state index in [9.17, 15) is 18.4 Å². The Bertz CT molecular complexity index is 952. The molecule has 7 heteroatoms. The Morgan fingerprint density at radius 2 is 1.97 bits per heavy atom. The third kappa shape index (κ3) is 4.13. The van der Waals surface area contributed by atoms with Crippen molar-refractivity contribution in [1.29, 1.82) is 0 Å². The standard InChI is InChI=1S/C22H21ClF2N2O2/c23-16-7-8-19(25)18(10-16)22(29)26-12-15-4-2-6-21(28)27(20(15)13-26)11-14-3-1-5-17(24)9-14/h1,3,5,7-10,15,20H,2,4,6,11-13H2/t15-,20+/m1/s1. The van der Waals surface area contributed by atoms with E-state index in [1.165, 1.54) is 30.3 Å². The quantitative estimate of drug-likeness (QED) is 0.746. The molecular weight excluding hydrogens is 398 g/mol. The zero-order chi connectivity index (χ0) is 20.5. The Labute approximate surface area is 173 Å². The first-order chi connectivity index (χ1) is 13.9. The van der Waals surface area contributed by atoms with Gasteiger partial charge in [0.15, 0.2) is 0 Å². The molecule has 2 atom stereocenters. The van der Waals surface area contributed by atoms with Gasteiger partial charge in [-0.3, -0.25) is 9.59 Å². The van der Waals surface area contributed by atoms with E-state index in [4.69, 9.17) is 11.6 Å². The van der Waals surface area contributed by atoms with Crippen LogP contribution in [0, 0.1) is 17.6 Å². The number of carbonyl (C=O) groups is 2. The van der Waals surface area contributed by atoms with Crippen LogP contribution in [0.25, 0.3) is 0 Å². The van der Waals surface area contributed by atoms with Crippen LogP contribution in [0.2, 0.25) is 5.02 Å². The van der Waals surface area contributed by atoms with Gasteiger partial charge in [-0.25, -0.2) is 8.78 Å². The van der Waals surface area contributed by atoms with Crippen molar-refractivity contribution in [2.24, 2.45) is 5.92 Å². The maximum atomic E-state index is 14.2. The van der Waals surface area contributed by atoms with Crippen molar-refractivity contribution in [3.63, 3.8) is 0 Å². The highest BCUT2D eigenvalue weighted by Crippen LogP contribution is 2.33. The lowest BCUT2D eigenvalue weighted by molar-refractivity contribution is -0.133. The highest BCUT2D eigenvalue weighted by Gasteiger charge is 2.42. The van der Waals surface area contributed by atoms with Crippen LogP contribution in [0.15, 0.2) is 42.5 Å². The molecule has 0 N–H and O–H groups in total. The summed E-state index contributed by atoms with van der Waals surface area (Å²) in [5.41, 5.74) is 0.654. The minimum absolute atomic E-state index is 0.00463. The number of rotatable bonds is 3. The van der Waals surface area contributed by atoms with E-state index < -0.39 is 11.7 Å². The van der Waals surface area contributed by atoms with Gasteiger partial charge in [0.05, 0.1) is 11.6 Å². The molecule has 2 aromatic carbocycles. The molecule has 2 saturated heterocycles. The predicted molar refractivity (Wildman–Crippen MR) is 105 cm³/mol. The van der Waals surface area contributed by atoms with Crippen LogP contribution in [-0.4, -0.2) is 40.7 Å². The first-order valence-corrected chi connectivity index (χ1v) is 10.1. The number of amides is 2. The summed E-state index contributed by atoms with van der Waals surface area (Å²) in [6, 6.07) is 9.96. The molecule has 0 radical (unpaired) electrons. The van der Waals surface area contributed by atoms with Crippen LogP contribution in [0.3, 0.4) is 0 Å². The SMILES string of the molecule is O=C(c1cc(Cl)ccc1F)N1C[C@H]2CCCC(=O)N(Cc3cccc(F)c3)[C@H]2C1. The molecule has 0 spiro atoms. The summed E-state index contributed by atoms with van der Waals surface area (Å²) in [4.78, 5) is 29.0. The number of fused-ring (bicyclic) bond motifs is 1. The van der Waals surface area contributed by atoms with Crippen molar-refractivity contribution in [2.45, 2.75) is 31.8 Å². The zero-order valence-electron chi connectivity index (χ0n) is 15.8. The van der Waals surface area contributed by atoms with Gasteiger partial charge in [0, 0.05) is 31.1 Å². The summed E-state index contributed by atoms with van der Waals surface area (Å²) in [6.45, 7) is 1.09. The van der Waals surface area contributed by atoms with Crippen molar-refractivity contribution in [3.05, 3.63) is 70.2 Å². The summed E-state index contributed by atoms with van der Waals surface area (Å²) in [6.07, 6.45) is 2.00. The second-order valence-corrected chi connectivity index (χ2v) is 8.14. The molecule has 0 aliphatic carbocycles. The Balaban J connectivity index is 1.57. The molecule has 2 amide bonds. The molecule has 152 valence electrons. The van der Waals surface area contributed by atoms with E-state index in [0.717, 1.165) is 12.8 Å². The minimum Gasteiger partial charge on any atom is -0.336 e. The summed E-state index contributed by atoms with van der Waals surface area (Å²) < 4.78 is 27.8. The smallest absolute Gasteiger partial charge is 0.256 e. The topological polar surface area (TPSA) is 40.6 Å². The fourth-order valence-electron chi connectivity index (χ4n) is 4.37. The second kappa shape index (κ2) is 8.11.